The topological polar surface area (TPSA) is 90.1 Å². The second-order valence-corrected chi connectivity index (χ2v) is 5.75. The zero-order chi connectivity index (χ0) is 17.3. The average Bonchev–Trinajstić information content (AvgIpc) is 2.75. The van der Waals surface area contributed by atoms with E-state index < -0.39 is 16.9 Å². The number of benzene rings is 1. The third-order valence-corrected chi connectivity index (χ3v) is 4.14. The minimum absolute atomic E-state index is 0.142. The minimum Gasteiger partial charge on any atom is -0.319 e. The highest BCUT2D eigenvalue weighted by Gasteiger charge is 2.23. The van der Waals surface area contributed by atoms with Gasteiger partial charge in [0.15, 0.2) is 0 Å². The Bertz CT molecular complexity index is 785. The first-order valence-electron chi connectivity index (χ1n) is 6.99. The standard InChI is InChI=1S/C15H17ClN4O3/c1-8-5-6-12(13(7-8)20(22)23)17-15(21)11(4)19-10(3)14(16)9(2)18-19/h5-7,11H,1-4H3,(H,17,21). The lowest BCUT2D eigenvalue weighted by Gasteiger charge is -2.14. The molecule has 122 valence electrons. The number of carbonyl (C=O) groups is 1. The predicted octanol–water partition coefficient (Wildman–Crippen LogP) is 3.57. The summed E-state index contributed by atoms with van der Waals surface area (Å²) in [4.78, 5) is 23.0. The maximum Gasteiger partial charge on any atom is 0.293 e. The van der Waals surface area contributed by atoms with Gasteiger partial charge in [0.2, 0.25) is 5.91 Å². The van der Waals surface area contributed by atoms with E-state index in [1.165, 1.54) is 16.8 Å². The van der Waals surface area contributed by atoms with Crippen LogP contribution in [0, 0.1) is 30.9 Å². The second-order valence-electron chi connectivity index (χ2n) is 5.37. The van der Waals surface area contributed by atoms with Crippen LogP contribution >= 0.6 is 11.6 Å². The molecule has 0 saturated carbocycles. The lowest BCUT2D eigenvalue weighted by molar-refractivity contribution is -0.384. The van der Waals surface area contributed by atoms with E-state index in [2.05, 4.69) is 10.4 Å². The van der Waals surface area contributed by atoms with Crippen molar-refractivity contribution in [2.24, 2.45) is 0 Å². The molecule has 1 aromatic heterocycles. The van der Waals surface area contributed by atoms with Crippen LogP contribution in [-0.2, 0) is 4.79 Å². The van der Waals surface area contributed by atoms with Gasteiger partial charge in [-0.15, -0.1) is 0 Å². The summed E-state index contributed by atoms with van der Waals surface area (Å²) in [6.45, 7) is 6.92. The molecule has 0 spiro atoms. The molecular formula is C15H17ClN4O3. The molecule has 0 fully saturated rings. The summed E-state index contributed by atoms with van der Waals surface area (Å²) in [5.74, 6) is -0.404. The van der Waals surface area contributed by atoms with Gasteiger partial charge in [-0.3, -0.25) is 19.6 Å². The smallest absolute Gasteiger partial charge is 0.293 e. The molecule has 0 bridgehead atoms. The van der Waals surface area contributed by atoms with Crippen LogP contribution in [0.25, 0.3) is 0 Å². The monoisotopic (exact) mass is 336 g/mol. The number of aromatic nitrogens is 2. The maximum absolute atomic E-state index is 12.4. The molecule has 8 heteroatoms. The lowest BCUT2D eigenvalue weighted by Crippen LogP contribution is -2.25. The van der Waals surface area contributed by atoms with Gasteiger partial charge in [0.25, 0.3) is 5.69 Å². The number of nitrogens with zero attached hydrogens (tertiary/aromatic N) is 3. The number of halogens is 1. The Kier molecular flexibility index (Phi) is 4.70. The molecule has 1 aromatic carbocycles. The molecule has 2 rings (SSSR count). The first-order chi connectivity index (χ1) is 10.7. The predicted molar refractivity (Wildman–Crippen MR) is 87.9 cm³/mol. The number of nitro groups is 1. The summed E-state index contributed by atoms with van der Waals surface area (Å²) >= 11 is 6.09. The quantitative estimate of drug-likeness (QED) is 0.682. The molecule has 0 aliphatic carbocycles. The summed E-state index contributed by atoms with van der Waals surface area (Å²) in [6, 6.07) is 3.99. The summed E-state index contributed by atoms with van der Waals surface area (Å²) < 4.78 is 1.51. The van der Waals surface area contributed by atoms with Crippen LogP contribution in [0.2, 0.25) is 5.02 Å². The Morgan fingerprint density at radius 2 is 2.04 bits per heavy atom. The van der Waals surface area contributed by atoms with Crippen LogP contribution in [0.5, 0.6) is 0 Å². The Balaban J connectivity index is 2.28. The zero-order valence-corrected chi connectivity index (χ0v) is 14.0. The van der Waals surface area contributed by atoms with Crippen LogP contribution in [0.15, 0.2) is 18.2 Å². The Labute approximate surface area is 138 Å². The first kappa shape index (κ1) is 17.0. The van der Waals surface area contributed by atoms with Gasteiger partial charge in [0.1, 0.15) is 11.7 Å². The lowest BCUT2D eigenvalue weighted by atomic mass is 10.2. The summed E-state index contributed by atoms with van der Waals surface area (Å²) in [5, 5.41) is 18.4. The van der Waals surface area contributed by atoms with Gasteiger partial charge in [-0.2, -0.15) is 5.10 Å². The molecule has 23 heavy (non-hydrogen) atoms. The van der Waals surface area contributed by atoms with Gasteiger partial charge in [-0.25, -0.2) is 0 Å². The number of nitro benzene ring substituents is 1. The highest BCUT2D eigenvalue weighted by molar-refractivity contribution is 6.31. The van der Waals surface area contributed by atoms with Gasteiger partial charge in [-0.05, 0) is 39.3 Å². The van der Waals surface area contributed by atoms with Gasteiger partial charge in [-0.1, -0.05) is 17.7 Å². The van der Waals surface area contributed by atoms with Gasteiger partial charge in [0, 0.05) is 6.07 Å². The number of nitrogens with one attached hydrogen (secondary N) is 1. The van der Waals surface area contributed by atoms with Crippen molar-refractivity contribution in [3.63, 3.8) is 0 Å². The summed E-state index contributed by atoms with van der Waals surface area (Å²) in [6.07, 6.45) is 0. The van der Waals surface area contributed by atoms with E-state index in [1.807, 2.05) is 0 Å². The number of rotatable bonds is 4. The fourth-order valence-electron chi connectivity index (χ4n) is 2.27. The van der Waals surface area contributed by atoms with Crippen molar-refractivity contribution in [1.82, 2.24) is 9.78 Å². The molecule has 0 radical (unpaired) electrons. The van der Waals surface area contributed by atoms with E-state index in [9.17, 15) is 14.9 Å². The van der Waals surface area contributed by atoms with Crippen molar-refractivity contribution in [2.45, 2.75) is 33.7 Å². The first-order valence-corrected chi connectivity index (χ1v) is 7.37. The van der Waals surface area contributed by atoms with Crippen LogP contribution in [-0.4, -0.2) is 20.6 Å². The van der Waals surface area contributed by atoms with E-state index in [0.717, 1.165) is 5.56 Å². The van der Waals surface area contributed by atoms with Crippen molar-refractivity contribution >= 4 is 28.9 Å². The third-order valence-electron chi connectivity index (χ3n) is 3.59. The number of carbonyl (C=O) groups excluding carboxylic acids is 1. The highest BCUT2D eigenvalue weighted by atomic mass is 35.5. The largest absolute Gasteiger partial charge is 0.319 e. The van der Waals surface area contributed by atoms with Gasteiger partial charge >= 0.3 is 0 Å². The number of hydrogen-bond acceptors (Lipinski definition) is 4. The zero-order valence-electron chi connectivity index (χ0n) is 13.3. The molecule has 1 amide bonds. The maximum atomic E-state index is 12.4. The van der Waals surface area contributed by atoms with E-state index in [0.29, 0.717) is 16.4 Å². The fraction of sp³-hybridized carbons (Fsp3) is 0.333. The number of aryl methyl sites for hydroxylation is 2. The van der Waals surface area contributed by atoms with E-state index in [1.54, 1.807) is 33.8 Å². The Hall–Kier alpha value is -2.41. The number of hydrogen-bond donors (Lipinski definition) is 1. The van der Waals surface area contributed by atoms with Crippen molar-refractivity contribution in [3.05, 3.63) is 50.3 Å². The van der Waals surface area contributed by atoms with Crippen molar-refractivity contribution < 1.29 is 9.72 Å². The van der Waals surface area contributed by atoms with E-state index in [4.69, 9.17) is 11.6 Å². The Morgan fingerprint density at radius 1 is 1.39 bits per heavy atom. The Morgan fingerprint density at radius 3 is 2.57 bits per heavy atom. The molecule has 1 heterocycles. The van der Waals surface area contributed by atoms with Crippen LogP contribution in [0.3, 0.4) is 0 Å². The molecule has 0 aliphatic heterocycles. The van der Waals surface area contributed by atoms with E-state index >= 15 is 0 Å². The van der Waals surface area contributed by atoms with Crippen molar-refractivity contribution in [2.75, 3.05) is 5.32 Å². The third kappa shape index (κ3) is 3.34. The van der Waals surface area contributed by atoms with Crippen LogP contribution in [0.4, 0.5) is 11.4 Å². The van der Waals surface area contributed by atoms with E-state index in [-0.39, 0.29) is 11.4 Å². The van der Waals surface area contributed by atoms with Crippen molar-refractivity contribution in [3.8, 4) is 0 Å². The molecule has 0 aliphatic rings. The molecule has 1 atom stereocenters. The number of anilines is 1. The molecular weight excluding hydrogens is 320 g/mol. The van der Waals surface area contributed by atoms with Crippen LogP contribution < -0.4 is 5.32 Å². The molecule has 1 N–H and O–H groups in total. The van der Waals surface area contributed by atoms with Gasteiger partial charge < -0.3 is 5.32 Å². The SMILES string of the molecule is Cc1ccc(NC(=O)C(C)n2nc(C)c(Cl)c2C)c([N+](=O)[O-])c1. The second kappa shape index (κ2) is 6.37. The molecule has 0 saturated heterocycles. The average molecular weight is 337 g/mol. The van der Waals surface area contributed by atoms with Crippen LogP contribution in [0.1, 0.15) is 29.9 Å². The fourth-order valence-corrected chi connectivity index (χ4v) is 2.39. The van der Waals surface area contributed by atoms with Gasteiger partial charge in [0.05, 0.1) is 21.3 Å². The molecule has 7 nitrogen and oxygen atoms in total. The summed E-state index contributed by atoms with van der Waals surface area (Å²) in [5.41, 5.74) is 2.06. The molecule has 2 aromatic rings. The number of amides is 1. The minimum atomic E-state index is -0.651. The molecule has 1 unspecified atom stereocenters. The van der Waals surface area contributed by atoms with Crippen molar-refractivity contribution in [1.29, 1.82) is 0 Å². The highest BCUT2D eigenvalue weighted by Crippen LogP contribution is 2.27. The summed E-state index contributed by atoms with van der Waals surface area (Å²) in [7, 11) is 0. The normalized spacial score (nSPS) is 12.0.